The number of likely N-dealkylation sites (tertiary alicyclic amines) is 2. The van der Waals surface area contributed by atoms with Crippen LogP contribution < -0.4 is 19.7 Å². The SMILES string of the molecule is CC(C)(c1ccc(OCc2ccnc(N3CC4(CCN(C5CCN(C6CNC6)CC5)CC4)C3)n2)cc1)c1cc(Cl)c(OCCCl)c(C#N)c1. The fourth-order valence-electron chi connectivity index (χ4n) is 7.97. The second-order valence-electron chi connectivity index (χ2n) is 14.7. The normalized spacial score (nSPS) is 20.4. The van der Waals surface area contributed by atoms with Crippen molar-refractivity contribution in [2.24, 2.45) is 5.41 Å². The number of nitrogens with one attached hydrogen (secondary N) is 1. The molecule has 0 saturated carbocycles. The summed E-state index contributed by atoms with van der Waals surface area (Å²) in [5.74, 6) is 2.26. The van der Waals surface area contributed by atoms with Gasteiger partial charge in [0.2, 0.25) is 5.95 Å². The Bertz CT molecular complexity index is 1630. The van der Waals surface area contributed by atoms with Crippen LogP contribution in [0.3, 0.4) is 0 Å². The lowest BCUT2D eigenvalue weighted by Gasteiger charge is -2.55. The van der Waals surface area contributed by atoms with Crippen LogP contribution in [-0.4, -0.2) is 96.7 Å². The largest absolute Gasteiger partial charge is 0.489 e. The van der Waals surface area contributed by atoms with Crippen molar-refractivity contribution < 1.29 is 9.47 Å². The Kier molecular flexibility index (Phi) is 10.2. The summed E-state index contributed by atoms with van der Waals surface area (Å²) < 4.78 is 11.8. The number of benzene rings is 2. The smallest absolute Gasteiger partial charge is 0.225 e. The number of nitrogens with zero attached hydrogens (tertiary/aromatic N) is 6. The van der Waals surface area contributed by atoms with Crippen LogP contribution in [-0.2, 0) is 12.0 Å². The Balaban J connectivity index is 0.898. The summed E-state index contributed by atoms with van der Waals surface area (Å²) in [6, 6.07) is 17.5. The summed E-state index contributed by atoms with van der Waals surface area (Å²) >= 11 is 12.3. The highest BCUT2D eigenvalue weighted by Crippen LogP contribution is 2.43. The average Bonchev–Trinajstić information content (AvgIpc) is 3.09. The van der Waals surface area contributed by atoms with Crippen molar-refractivity contribution in [1.82, 2.24) is 25.1 Å². The fraction of sp³-hybridized carbons (Fsp3) is 0.553. The molecule has 1 N–H and O–H groups in total. The fourth-order valence-corrected chi connectivity index (χ4v) is 8.32. The maximum Gasteiger partial charge on any atom is 0.225 e. The van der Waals surface area contributed by atoms with Crippen molar-refractivity contribution in [3.8, 4) is 17.6 Å². The summed E-state index contributed by atoms with van der Waals surface area (Å²) in [6.07, 6.45) is 7.03. The van der Waals surface area contributed by atoms with Gasteiger partial charge in [0.25, 0.3) is 0 Å². The molecular weight excluding hydrogens is 657 g/mol. The second-order valence-corrected chi connectivity index (χ2v) is 15.5. The average molecular weight is 705 g/mol. The van der Waals surface area contributed by atoms with Gasteiger partial charge in [-0.05, 0) is 80.2 Å². The lowest BCUT2D eigenvalue weighted by molar-refractivity contribution is 0.0172. The second kappa shape index (κ2) is 14.6. The summed E-state index contributed by atoms with van der Waals surface area (Å²) in [7, 11) is 0. The van der Waals surface area contributed by atoms with Crippen LogP contribution in [0.5, 0.6) is 11.5 Å². The van der Waals surface area contributed by atoms with Crippen LogP contribution in [0.1, 0.15) is 61.9 Å². The maximum atomic E-state index is 9.74. The van der Waals surface area contributed by atoms with Gasteiger partial charge in [0.15, 0.2) is 5.75 Å². The van der Waals surface area contributed by atoms with Crippen molar-refractivity contribution >= 4 is 29.2 Å². The van der Waals surface area contributed by atoms with Gasteiger partial charge < -0.3 is 24.6 Å². The van der Waals surface area contributed by atoms with Gasteiger partial charge in [-0.15, -0.1) is 11.6 Å². The first-order chi connectivity index (χ1) is 23.8. The van der Waals surface area contributed by atoms with E-state index in [9.17, 15) is 5.26 Å². The molecule has 1 spiro atoms. The van der Waals surface area contributed by atoms with E-state index >= 15 is 0 Å². The van der Waals surface area contributed by atoms with E-state index in [-0.39, 0.29) is 6.61 Å². The Hall–Kier alpha value is -3.13. The zero-order valence-electron chi connectivity index (χ0n) is 28.6. The molecule has 0 atom stereocenters. The summed E-state index contributed by atoms with van der Waals surface area (Å²) in [6.45, 7) is 14.3. The molecule has 3 aromatic rings. The minimum Gasteiger partial charge on any atom is -0.489 e. The third kappa shape index (κ3) is 7.36. The highest BCUT2D eigenvalue weighted by Gasteiger charge is 2.46. The van der Waals surface area contributed by atoms with E-state index in [0.29, 0.717) is 34.2 Å². The molecule has 0 bridgehead atoms. The predicted molar refractivity (Wildman–Crippen MR) is 194 cm³/mol. The van der Waals surface area contributed by atoms with E-state index in [1.54, 1.807) is 0 Å². The van der Waals surface area contributed by atoms with Gasteiger partial charge in [-0.25, -0.2) is 9.97 Å². The van der Waals surface area contributed by atoms with Gasteiger partial charge in [0, 0.05) is 68.4 Å². The van der Waals surface area contributed by atoms with E-state index in [1.807, 2.05) is 36.5 Å². The molecule has 1 aromatic heterocycles. The lowest BCUT2D eigenvalue weighted by Crippen LogP contribution is -2.63. The first-order valence-corrected chi connectivity index (χ1v) is 18.6. The molecule has 0 unspecified atom stereocenters. The number of halogens is 2. The molecule has 4 saturated heterocycles. The third-order valence-electron chi connectivity index (χ3n) is 11.4. The first kappa shape index (κ1) is 34.3. The number of anilines is 1. The van der Waals surface area contributed by atoms with E-state index in [2.05, 4.69) is 57.0 Å². The topological polar surface area (TPSA) is 89.8 Å². The van der Waals surface area contributed by atoms with Gasteiger partial charge in [0.1, 0.15) is 25.0 Å². The Morgan fingerprint density at radius 3 is 2.33 bits per heavy atom. The van der Waals surface area contributed by atoms with Crippen LogP contribution in [0.15, 0.2) is 48.7 Å². The number of rotatable bonds is 11. The minimum atomic E-state index is -0.406. The quantitative estimate of drug-likeness (QED) is 0.247. The van der Waals surface area contributed by atoms with Crippen LogP contribution in [0.2, 0.25) is 5.02 Å². The van der Waals surface area contributed by atoms with E-state index in [1.165, 1.54) is 65.0 Å². The minimum absolute atomic E-state index is 0.285. The first-order valence-electron chi connectivity index (χ1n) is 17.7. The molecule has 7 rings (SSSR count). The number of ether oxygens (including phenoxy) is 2. The Morgan fingerprint density at radius 1 is 0.959 bits per heavy atom. The maximum absolute atomic E-state index is 9.74. The molecule has 4 aliphatic rings. The third-order valence-corrected chi connectivity index (χ3v) is 11.8. The molecular formula is C38H47Cl2N7O2. The summed E-state index contributed by atoms with van der Waals surface area (Å²) in [5, 5.41) is 13.6. The molecule has 0 radical (unpaired) electrons. The van der Waals surface area contributed by atoms with Crippen LogP contribution >= 0.6 is 23.2 Å². The Labute approximate surface area is 300 Å². The lowest BCUT2D eigenvalue weighted by atomic mass is 9.71. The van der Waals surface area contributed by atoms with Crippen molar-refractivity contribution in [3.63, 3.8) is 0 Å². The molecule has 4 aliphatic heterocycles. The monoisotopic (exact) mass is 703 g/mol. The molecule has 0 aliphatic carbocycles. The van der Waals surface area contributed by atoms with Crippen LogP contribution in [0, 0.1) is 16.7 Å². The number of aromatic nitrogens is 2. The van der Waals surface area contributed by atoms with Gasteiger partial charge in [-0.1, -0.05) is 37.6 Å². The predicted octanol–water partition coefficient (Wildman–Crippen LogP) is 5.86. The molecule has 49 heavy (non-hydrogen) atoms. The van der Waals surface area contributed by atoms with Crippen molar-refractivity contribution in [2.75, 3.05) is 69.7 Å². The Morgan fingerprint density at radius 2 is 1.67 bits per heavy atom. The van der Waals surface area contributed by atoms with Gasteiger partial charge in [-0.3, -0.25) is 4.90 Å². The molecule has 2 aromatic carbocycles. The standard InChI is InChI=1S/C38H47Cl2N7O2/c1-37(2,29-19-27(21-41)35(34(40)20-29)48-18-12-39)28-3-5-33(6-4-28)49-24-30-7-13-43-36(44-30)47-25-38(26-47)10-16-46(17-11-38)31-8-14-45(15-9-31)32-22-42-23-32/h3-7,13,19-20,31-32,42H,8-12,14-18,22-26H2,1-2H3. The van der Waals surface area contributed by atoms with Gasteiger partial charge >= 0.3 is 0 Å². The van der Waals surface area contributed by atoms with Crippen LogP contribution in [0.4, 0.5) is 5.95 Å². The number of nitriles is 1. The van der Waals surface area contributed by atoms with Crippen molar-refractivity contribution in [3.05, 3.63) is 76.1 Å². The van der Waals surface area contributed by atoms with Gasteiger partial charge in [0.05, 0.1) is 22.2 Å². The molecule has 9 nitrogen and oxygen atoms in total. The molecule has 0 amide bonds. The number of hydrogen-bond donors (Lipinski definition) is 1. The van der Waals surface area contributed by atoms with Gasteiger partial charge in [-0.2, -0.15) is 5.26 Å². The number of piperidine rings is 2. The number of alkyl halides is 1. The molecule has 260 valence electrons. The highest BCUT2D eigenvalue weighted by atomic mass is 35.5. The highest BCUT2D eigenvalue weighted by molar-refractivity contribution is 6.32. The van der Waals surface area contributed by atoms with E-state index in [0.717, 1.165) is 53.7 Å². The zero-order chi connectivity index (χ0) is 34.0. The molecule has 4 fully saturated rings. The van der Waals surface area contributed by atoms with E-state index in [4.69, 9.17) is 37.7 Å². The van der Waals surface area contributed by atoms with Crippen molar-refractivity contribution in [2.45, 2.75) is 63.6 Å². The van der Waals surface area contributed by atoms with Crippen LogP contribution in [0.25, 0.3) is 0 Å². The number of hydrogen-bond acceptors (Lipinski definition) is 9. The van der Waals surface area contributed by atoms with E-state index < -0.39 is 5.41 Å². The summed E-state index contributed by atoms with van der Waals surface area (Å²) in [5.41, 5.74) is 3.25. The molecule has 11 heteroatoms. The molecule has 5 heterocycles. The summed E-state index contributed by atoms with van der Waals surface area (Å²) in [4.78, 5) is 17.3. The zero-order valence-corrected chi connectivity index (χ0v) is 30.1. The van der Waals surface area contributed by atoms with Crippen molar-refractivity contribution in [1.29, 1.82) is 5.26 Å².